The molecular formula is C15H16O4. The van der Waals surface area contributed by atoms with Gasteiger partial charge in [0.15, 0.2) is 5.78 Å². The average molecular weight is 260 g/mol. The molecule has 0 amide bonds. The second-order valence-electron chi connectivity index (χ2n) is 3.71. The quantitative estimate of drug-likeness (QED) is 0.469. The summed E-state index contributed by atoms with van der Waals surface area (Å²) in [5.41, 5.74) is 0.138. The van der Waals surface area contributed by atoms with Gasteiger partial charge in [0.1, 0.15) is 23.9 Å². The van der Waals surface area contributed by atoms with Gasteiger partial charge < -0.3 is 14.9 Å². The second-order valence-corrected chi connectivity index (χ2v) is 3.71. The van der Waals surface area contributed by atoms with Crippen LogP contribution in [0.4, 0.5) is 0 Å². The predicted molar refractivity (Wildman–Crippen MR) is 74.2 cm³/mol. The molecular weight excluding hydrogens is 244 g/mol. The fourth-order valence-electron chi connectivity index (χ4n) is 1.39. The Morgan fingerprint density at radius 3 is 2.84 bits per heavy atom. The van der Waals surface area contributed by atoms with Gasteiger partial charge in [-0.15, -0.1) is 0 Å². The van der Waals surface area contributed by atoms with Crippen molar-refractivity contribution in [3.63, 3.8) is 0 Å². The number of phenols is 1. The van der Waals surface area contributed by atoms with Crippen LogP contribution in [-0.4, -0.2) is 22.6 Å². The molecule has 1 rings (SSSR count). The third-order valence-electron chi connectivity index (χ3n) is 2.22. The number of hydrogen-bond donors (Lipinski definition) is 2. The van der Waals surface area contributed by atoms with Crippen LogP contribution in [0.3, 0.4) is 0 Å². The summed E-state index contributed by atoms with van der Waals surface area (Å²) in [4.78, 5) is 11.3. The summed E-state index contributed by atoms with van der Waals surface area (Å²) in [5.74, 6) is -0.347. The normalized spacial score (nSPS) is 11.5. The van der Waals surface area contributed by atoms with Gasteiger partial charge >= 0.3 is 0 Å². The molecule has 4 nitrogen and oxygen atoms in total. The van der Waals surface area contributed by atoms with Crippen molar-refractivity contribution in [2.45, 2.75) is 6.92 Å². The van der Waals surface area contributed by atoms with Crippen molar-refractivity contribution >= 4 is 11.5 Å². The molecule has 0 fully saturated rings. The number of rotatable bonds is 6. The number of benzene rings is 1. The Kier molecular flexibility index (Phi) is 5.41. The first-order chi connectivity index (χ1) is 9.08. The molecule has 0 unspecified atom stereocenters. The molecule has 0 aliphatic rings. The topological polar surface area (TPSA) is 66.8 Å². The highest BCUT2D eigenvalue weighted by molar-refractivity contribution is 6.03. The number of ether oxygens (including phenoxy) is 1. The largest absolute Gasteiger partial charge is 0.507 e. The van der Waals surface area contributed by atoms with Crippen molar-refractivity contribution in [3.8, 4) is 11.5 Å². The fraction of sp³-hybridized carbons (Fsp3) is 0.133. The summed E-state index contributed by atoms with van der Waals surface area (Å²) in [5, 5.41) is 19.5. The lowest BCUT2D eigenvalue weighted by Crippen LogP contribution is -1.95. The molecule has 0 aromatic heterocycles. The lowest BCUT2D eigenvalue weighted by atomic mass is 10.1. The van der Waals surface area contributed by atoms with Crippen molar-refractivity contribution in [1.29, 1.82) is 0 Å². The number of hydrogen-bond acceptors (Lipinski definition) is 4. The first kappa shape index (κ1) is 14.6. The number of allylic oxidation sites excluding steroid dienone is 3. The first-order valence-corrected chi connectivity index (χ1v) is 5.73. The van der Waals surface area contributed by atoms with Gasteiger partial charge in [0.05, 0.1) is 5.56 Å². The van der Waals surface area contributed by atoms with Crippen LogP contribution >= 0.6 is 0 Å². The lowest BCUT2D eigenvalue weighted by Gasteiger charge is -2.07. The summed E-state index contributed by atoms with van der Waals surface area (Å²) in [6, 6.07) is 4.40. The molecule has 0 atom stereocenters. The van der Waals surface area contributed by atoms with Crippen molar-refractivity contribution in [3.05, 3.63) is 54.6 Å². The van der Waals surface area contributed by atoms with Gasteiger partial charge in [-0.3, -0.25) is 4.79 Å². The summed E-state index contributed by atoms with van der Waals surface area (Å²) in [7, 11) is 0. The van der Waals surface area contributed by atoms with Gasteiger partial charge in [-0.1, -0.05) is 18.7 Å². The maximum absolute atomic E-state index is 11.3. The second kappa shape index (κ2) is 7.06. The van der Waals surface area contributed by atoms with E-state index in [4.69, 9.17) is 4.74 Å². The van der Waals surface area contributed by atoms with Crippen LogP contribution in [0.1, 0.15) is 12.5 Å². The molecule has 100 valence electrons. The molecule has 0 saturated carbocycles. The molecule has 0 spiro atoms. The van der Waals surface area contributed by atoms with E-state index in [2.05, 4.69) is 6.58 Å². The Labute approximate surface area is 112 Å². The first-order valence-electron chi connectivity index (χ1n) is 5.73. The Balaban J connectivity index is 3.04. The van der Waals surface area contributed by atoms with Gasteiger partial charge in [0.2, 0.25) is 0 Å². The highest BCUT2D eigenvalue weighted by Crippen LogP contribution is 2.28. The number of aliphatic hydroxyl groups excluding tert-OH is 1. The van der Waals surface area contributed by atoms with Gasteiger partial charge in [0.25, 0.3) is 0 Å². The zero-order chi connectivity index (χ0) is 14.3. The molecule has 0 saturated heterocycles. The van der Waals surface area contributed by atoms with Crippen molar-refractivity contribution in [2.75, 3.05) is 6.61 Å². The van der Waals surface area contributed by atoms with Crippen molar-refractivity contribution < 1.29 is 19.7 Å². The van der Waals surface area contributed by atoms with Crippen LogP contribution in [0.2, 0.25) is 0 Å². The van der Waals surface area contributed by atoms with E-state index in [1.54, 1.807) is 25.1 Å². The average Bonchev–Trinajstić information content (AvgIpc) is 2.37. The number of aliphatic hydroxyl groups is 1. The maximum Gasteiger partial charge on any atom is 0.182 e. The standard InChI is InChI=1S/C15H16O4/c1-3-5-11(16)9-15(18)13-10-12(19-8-4-2)6-7-14(13)17/h3-7,9-10,17-18H,2,8H2,1H3. The highest BCUT2D eigenvalue weighted by atomic mass is 16.5. The van der Waals surface area contributed by atoms with Crippen LogP contribution in [0, 0.1) is 0 Å². The SMILES string of the molecule is C=CCOc1ccc(O)c(C(O)=CC(=O)C=CC)c1. The van der Waals surface area contributed by atoms with E-state index in [9.17, 15) is 15.0 Å². The molecule has 19 heavy (non-hydrogen) atoms. The Morgan fingerprint density at radius 2 is 2.21 bits per heavy atom. The minimum absolute atomic E-state index is 0.131. The van der Waals surface area contributed by atoms with Gasteiger partial charge in [-0.25, -0.2) is 0 Å². The smallest absolute Gasteiger partial charge is 0.182 e. The molecule has 1 aromatic rings. The molecule has 1 aromatic carbocycles. The van der Waals surface area contributed by atoms with Crippen LogP contribution < -0.4 is 4.74 Å². The van der Waals surface area contributed by atoms with Crippen LogP contribution in [0.25, 0.3) is 5.76 Å². The zero-order valence-corrected chi connectivity index (χ0v) is 10.7. The molecule has 0 aliphatic heterocycles. The van der Waals surface area contributed by atoms with E-state index < -0.39 is 0 Å². The Bertz CT molecular complexity index is 527. The van der Waals surface area contributed by atoms with E-state index in [0.717, 1.165) is 6.08 Å². The summed E-state index contributed by atoms with van der Waals surface area (Å²) in [6.07, 6.45) is 5.49. The van der Waals surface area contributed by atoms with E-state index in [1.807, 2.05) is 0 Å². The maximum atomic E-state index is 11.3. The minimum atomic E-state index is -0.364. The number of ketones is 1. The zero-order valence-electron chi connectivity index (χ0n) is 10.7. The Hall–Kier alpha value is -2.49. The minimum Gasteiger partial charge on any atom is -0.507 e. The van der Waals surface area contributed by atoms with Crippen LogP contribution in [0.5, 0.6) is 11.5 Å². The van der Waals surface area contributed by atoms with E-state index in [1.165, 1.54) is 18.2 Å². The van der Waals surface area contributed by atoms with Gasteiger partial charge in [-0.2, -0.15) is 0 Å². The van der Waals surface area contributed by atoms with Crippen LogP contribution in [0.15, 0.2) is 49.1 Å². The van der Waals surface area contributed by atoms with E-state index >= 15 is 0 Å². The van der Waals surface area contributed by atoms with E-state index in [-0.39, 0.29) is 22.9 Å². The molecule has 0 aliphatic carbocycles. The van der Waals surface area contributed by atoms with Gasteiger partial charge in [0, 0.05) is 6.08 Å². The fourth-order valence-corrected chi connectivity index (χ4v) is 1.39. The third-order valence-corrected chi connectivity index (χ3v) is 2.22. The number of phenolic OH excluding ortho intramolecular Hbond substituents is 1. The monoisotopic (exact) mass is 260 g/mol. The molecule has 0 radical (unpaired) electrons. The number of aromatic hydroxyl groups is 1. The van der Waals surface area contributed by atoms with Crippen LogP contribution in [-0.2, 0) is 4.79 Å². The summed E-state index contributed by atoms with van der Waals surface area (Å²) >= 11 is 0. The summed E-state index contributed by atoms with van der Waals surface area (Å²) in [6.45, 7) is 5.53. The number of carbonyl (C=O) groups is 1. The van der Waals surface area contributed by atoms with Crippen molar-refractivity contribution in [1.82, 2.24) is 0 Å². The molecule has 0 heterocycles. The molecule has 2 N–H and O–H groups in total. The van der Waals surface area contributed by atoms with Gasteiger partial charge in [-0.05, 0) is 31.2 Å². The van der Waals surface area contributed by atoms with Crippen molar-refractivity contribution in [2.24, 2.45) is 0 Å². The summed E-state index contributed by atoms with van der Waals surface area (Å²) < 4.78 is 5.29. The lowest BCUT2D eigenvalue weighted by molar-refractivity contribution is -0.110. The number of carbonyl (C=O) groups excluding carboxylic acids is 1. The Morgan fingerprint density at radius 1 is 1.47 bits per heavy atom. The van der Waals surface area contributed by atoms with E-state index in [0.29, 0.717) is 12.4 Å². The predicted octanol–water partition coefficient (Wildman–Crippen LogP) is 3.00. The molecule has 4 heteroatoms. The molecule has 0 bridgehead atoms. The third kappa shape index (κ3) is 4.35. The highest BCUT2D eigenvalue weighted by Gasteiger charge is 2.09.